The normalized spacial score (nSPS) is 19.3. The molecule has 0 saturated carbocycles. The van der Waals surface area contributed by atoms with Gasteiger partial charge in [0.25, 0.3) is 0 Å². The number of carboxylic acid groups (broad SMARTS) is 1. The number of hydrogen-bond donors (Lipinski definition) is 1. The molecule has 0 unspecified atom stereocenters. The van der Waals surface area contributed by atoms with Crippen LogP contribution in [0.25, 0.3) is 0 Å². The average Bonchev–Trinajstić information content (AvgIpc) is 2.50. The number of anilines is 1. The molecule has 0 spiro atoms. The molecule has 2 heterocycles. The standard InChI is InChI=1S/C13H18N2O2S/c1-13(2)5-7-15(8-9-18-13)11-10(12(16)17)4-3-6-14-11/h3-4,6H,5,7-9H2,1-2H3,(H,16,17). The second-order valence-corrected chi connectivity index (χ2v) is 6.83. The van der Waals surface area contributed by atoms with Gasteiger partial charge in [-0.05, 0) is 18.6 Å². The Hall–Kier alpha value is -1.23. The molecule has 1 aromatic heterocycles. The van der Waals surface area contributed by atoms with E-state index in [1.54, 1.807) is 18.3 Å². The molecule has 0 aromatic carbocycles. The van der Waals surface area contributed by atoms with Crippen LogP contribution in [0.1, 0.15) is 30.6 Å². The summed E-state index contributed by atoms with van der Waals surface area (Å²) in [5, 5.41) is 9.20. The molecule has 0 radical (unpaired) electrons. The van der Waals surface area contributed by atoms with Crippen LogP contribution in [0.4, 0.5) is 5.82 Å². The largest absolute Gasteiger partial charge is 0.478 e. The zero-order valence-electron chi connectivity index (χ0n) is 10.7. The SMILES string of the molecule is CC1(C)CCN(c2ncccc2C(=O)O)CCS1. The highest BCUT2D eigenvalue weighted by molar-refractivity contribution is 8.00. The van der Waals surface area contributed by atoms with Crippen LogP contribution in [-0.2, 0) is 0 Å². The smallest absolute Gasteiger partial charge is 0.339 e. The molecule has 1 aliphatic heterocycles. The Labute approximate surface area is 111 Å². The second kappa shape index (κ2) is 5.18. The highest BCUT2D eigenvalue weighted by Crippen LogP contribution is 2.32. The van der Waals surface area contributed by atoms with Gasteiger partial charge >= 0.3 is 5.97 Å². The van der Waals surface area contributed by atoms with Crippen molar-refractivity contribution in [1.29, 1.82) is 0 Å². The third-order valence-electron chi connectivity index (χ3n) is 3.15. The summed E-state index contributed by atoms with van der Waals surface area (Å²) in [6.45, 7) is 6.18. The van der Waals surface area contributed by atoms with Crippen molar-refractivity contribution in [3.8, 4) is 0 Å². The Bertz CT molecular complexity index is 448. The van der Waals surface area contributed by atoms with Crippen molar-refractivity contribution < 1.29 is 9.90 Å². The highest BCUT2D eigenvalue weighted by Gasteiger charge is 2.26. The summed E-state index contributed by atoms with van der Waals surface area (Å²) >= 11 is 1.94. The zero-order valence-corrected chi connectivity index (χ0v) is 11.5. The topological polar surface area (TPSA) is 53.4 Å². The van der Waals surface area contributed by atoms with Gasteiger partial charge in [-0.25, -0.2) is 9.78 Å². The molecule has 1 N–H and O–H groups in total. The molecule has 5 heteroatoms. The average molecular weight is 266 g/mol. The number of carboxylic acids is 1. The number of pyridine rings is 1. The van der Waals surface area contributed by atoms with Crippen LogP contribution in [0.5, 0.6) is 0 Å². The van der Waals surface area contributed by atoms with Crippen molar-refractivity contribution in [2.75, 3.05) is 23.7 Å². The van der Waals surface area contributed by atoms with Crippen LogP contribution >= 0.6 is 11.8 Å². The first-order valence-electron chi connectivity index (χ1n) is 6.07. The lowest BCUT2D eigenvalue weighted by atomic mass is 10.1. The molecule has 0 aliphatic carbocycles. The molecule has 18 heavy (non-hydrogen) atoms. The number of aromatic carboxylic acids is 1. The van der Waals surface area contributed by atoms with Gasteiger partial charge in [-0.15, -0.1) is 0 Å². The summed E-state index contributed by atoms with van der Waals surface area (Å²) in [5.74, 6) is 0.695. The Morgan fingerprint density at radius 2 is 2.28 bits per heavy atom. The van der Waals surface area contributed by atoms with Gasteiger partial charge in [-0.2, -0.15) is 11.8 Å². The van der Waals surface area contributed by atoms with Crippen molar-refractivity contribution in [3.05, 3.63) is 23.9 Å². The lowest BCUT2D eigenvalue weighted by molar-refractivity contribution is 0.0697. The molecule has 1 aliphatic rings. The Morgan fingerprint density at radius 1 is 1.50 bits per heavy atom. The maximum absolute atomic E-state index is 11.2. The molecular formula is C13H18N2O2S. The van der Waals surface area contributed by atoms with E-state index in [0.29, 0.717) is 11.4 Å². The summed E-state index contributed by atoms with van der Waals surface area (Å²) in [6.07, 6.45) is 2.69. The first kappa shape index (κ1) is 13.2. The lowest BCUT2D eigenvalue weighted by Gasteiger charge is -2.24. The summed E-state index contributed by atoms with van der Waals surface area (Å²) in [6, 6.07) is 3.29. The van der Waals surface area contributed by atoms with Gasteiger partial charge in [0.15, 0.2) is 0 Å². The first-order valence-corrected chi connectivity index (χ1v) is 7.05. The Balaban J connectivity index is 2.24. The first-order chi connectivity index (χ1) is 8.49. The third-order valence-corrected chi connectivity index (χ3v) is 4.53. The maximum atomic E-state index is 11.2. The van der Waals surface area contributed by atoms with Gasteiger partial charge in [0.1, 0.15) is 11.4 Å². The van der Waals surface area contributed by atoms with E-state index >= 15 is 0 Å². The van der Waals surface area contributed by atoms with Gasteiger partial charge in [0.2, 0.25) is 0 Å². The van der Waals surface area contributed by atoms with E-state index in [0.717, 1.165) is 25.3 Å². The quantitative estimate of drug-likeness (QED) is 0.891. The molecule has 2 rings (SSSR count). The van der Waals surface area contributed by atoms with E-state index < -0.39 is 5.97 Å². The maximum Gasteiger partial charge on any atom is 0.339 e. The molecular weight excluding hydrogens is 248 g/mol. The highest BCUT2D eigenvalue weighted by atomic mass is 32.2. The van der Waals surface area contributed by atoms with E-state index in [-0.39, 0.29) is 4.75 Å². The minimum Gasteiger partial charge on any atom is -0.478 e. The molecule has 0 atom stereocenters. The van der Waals surface area contributed by atoms with E-state index in [1.165, 1.54) is 0 Å². The minimum atomic E-state index is -0.908. The predicted octanol–water partition coefficient (Wildman–Crippen LogP) is 2.50. The molecule has 0 amide bonds. The van der Waals surface area contributed by atoms with E-state index in [4.69, 9.17) is 0 Å². The molecule has 0 bridgehead atoms. The van der Waals surface area contributed by atoms with Gasteiger partial charge in [0.05, 0.1) is 0 Å². The molecule has 4 nitrogen and oxygen atoms in total. The number of rotatable bonds is 2. The van der Waals surface area contributed by atoms with Crippen molar-refractivity contribution in [2.45, 2.75) is 25.0 Å². The van der Waals surface area contributed by atoms with Gasteiger partial charge in [-0.1, -0.05) is 13.8 Å². The minimum absolute atomic E-state index is 0.257. The number of aromatic nitrogens is 1. The summed E-state index contributed by atoms with van der Waals surface area (Å²) in [5.41, 5.74) is 0.294. The van der Waals surface area contributed by atoms with E-state index in [9.17, 15) is 9.90 Å². The lowest BCUT2D eigenvalue weighted by Crippen LogP contribution is -2.29. The zero-order chi connectivity index (χ0) is 13.2. The molecule has 98 valence electrons. The monoisotopic (exact) mass is 266 g/mol. The van der Waals surface area contributed by atoms with Crippen molar-refractivity contribution in [2.24, 2.45) is 0 Å². The molecule has 1 aromatic rings. The van der Waals surface area contributed by atoms with Crippen molar-refractivity contribution in [3.63, 3.8) is 0 Å². The summed E-state index contributed by atoms with van der Waals surface area (Å²) < 4.78 is 0.257. The Morgan fingerprint density at radius 3 is 3.00 bits per heavy atom. The van der Waals surface area contributed by atoms with Crippen molar-refractivity contribution in [1.82, 2.24) is 4.98 Å². The number of thioether (sulfide) groups is 1. The van der Waals surface area contributed by atoms with Crippen LogP contribution in [0, 0.1) is 0 Å². The van der Waals surface area contributed by atoms with Gasteiger partial charge < -0.3 is 10.0 Å². The molecule has 1 fully saturated rings. The fourth-order valence-corrected chi connectivity index (χ4v) is 3.15. The number of nitrogens with zero attached hydrogens (tertiary/aromatic N) is 2. The fraction of sp³-hybridized carbons (Fsp3) is 0.538. The van der Waals surface area contributed by atoms with Crippen LogP contribution in [0.15, 0.2) is 18.3 Å². The predicted molar refractivity (Wildman–Crippen MR) is 74.6 cm³/mol. The molecule has 1 saturated heterocycles. The van der Waals surface area contributed by atoms with Gasteiger partial charge in [0, 0.05) is 29.8 Å². The van der Waals surface area contributed by atoms with Crippen LogP contribution < -0.4 is 4.90 Å². The van der Waals surface area contributed by atoms with Crippen LogP contribution in [0.3, 0.4) is 0 Å². The fourth-order valence-electron chi connectivity index (χ4n) is 2.05. The van der Waals surface area contributed by atoms with Crippen molar-refractivity contribution >= 4 is 23.5 Å². The van der Waals surface area contributed by atoms with E-state index in [1.807, 2.05) is 11.8 Å². The number of carbonyl (C=O) groups is 1. The summed E-state index contributed by atoms with van der Waals surface area (Å²) in [7, 11) is 0. The van der Waals surface area contributed by atoms with Crippen LogP contribution in [-0.4, -0.2) is 39.6 Å². The third kappa shape index (κ3) is 2.96. The van der Waals surface area contributed by atoms with E-state index in [2.05, 4.69) is 23.7 Å². The Kier molecular flexibility index (Phi) is 3.80. The number of hydrogen-bond acceptors (Lipinski definition) is 4. The van der Waals surface area contributed by atoms with Gasteiger partial charge in [-0.3, -0.25) is 0 Å². The second-order valence-electron chi connectivity index (χ2n) is 5.02. The summed E-state index contributed by atoms with van der Waals surface area (Å²) in [4.78, 5) is 17.5. The van der Waals surface area contributed by atoms with Crippen LogP contribution in [0.2, 0.25) is 0 Å².